The van der Waals surface area contributed by atoms with E-state index in [1.54, 1.807) is 6.08 Å². The molecule has 0 aliphatic carbocycles. The summed E-state index contributed by atoms with van der Waals surface area (Å²) in [5.74, 6) is 1.35. The summed E-state index contributed by atoms with van der Waals surface area (Å²) in [6, 6.07) is 22.3. The first-order chi connectivity index (χ1) is 12.2. The van der Waals surface area contributed by atoms with Crippen LogP contribution in [0.3, 0.4) is 0 Å². The SMILES string of the molecule is C=CC1=C(C(=C)Cl)N(c2cccc3ccccc23)c2ccccc2O1. The van der Waals surface area contributed by atoms with Gasteiger partial charge < -0.3 is 9.64 Å². The Balaban J connectivity index is 2.07. The lowest BCUT2D eigenvalue weighted by atomic mass is 10.1. The van der Waals surface area contributed by atoms with Gasteiger partial charge in [0.25, 0.3) is 0 Å². The summed E-state index contributed by atoms with van der Waals surface area (Å²) in [5.41, 5.74) is 2.64. The molecule has 3 aromatic rings. The van der Waals surface area contributed by atoms with Crippen LogP contribution >= 0.6 is 11.6 Å². The quantitative estimate of drug-likeness (QED) is 0.535. The van der Waals surface area contributed by atoms with E-state index < -0.39 is 0 Å². The summed E-state index contributed by atoms with van der Waals surface area (Å²) in [4.78, 5) is 2.09. The molecule has 0 amide bonds. The zero-order chi connectivity index (χ0) is 17.4. The average molecular weight is 346 g/mol. The van der Waals surface area contributed by atoms with Gasteiger partial charge in [0.15, 0.2) is 11.5 Å². The number of allylic oxidation sites excluding steroid dienone is 2. The summed E-state index contributed by atoms with van der Waals surface area (Å²) in [6.07, 6.45) is 1.66. The predicted octanol–water partition coefficient (Wildman–Crippen LogP) is 6.52. The molecule has 0 N–H and O–H groups in total. The summed E-state index contributed by atoms with van der Waals surface area (Å²) < 4.78 is 5.99. The minimum atomic E-state index is 0.400. The Morgan fingerprint density at radius 1 is 0.920 bits per heavy atom. The van der Waals surface area contributed by atoms with Crippen molar-refractivity contribution in [3.63, 3.8) is 0 Å². The third kappa shape index (κ3) is 2.51. The van der Waals surface area contributed by atoms with Crippen LogP contribution < -0.4 is 9.64 Å². The first-order valence-corrected chi connectivity index (χ1v) is 8.35. The number of benzene rings is 3. The normalized spacial score (nSPS) is 13.4. The van der Waals surface area contributed by atoms with Gasteiger partial charge in [-0.1, -0.05) is 73.3 Å². The molecule has 25 heavy (non-hydrogen) atoms. The maximum Gasteiger partial charge on any atom is 0.152 e. The maximum atomic E-state index is 6.37. The van der Waals surface area contributed by atoms with Crippen LogP contribution in [0.2, 0.25) is 0 Å². The number of fused-ring (bicyclic) bond motifs is 2. The molecule has 0 saturated heterocycles. The van der Waals surface area contributed by atoms with Gasteiger partial charge in [-0.25, -0.2) is 0 Å². The average Bonchev–Trinajstić information content (AvgIpc) is 2.65. The zero-order valence-corrected chi connectivity index (χ0v) is 14.3. The number of anilines is 2. The Kier molecular flexibility index (Phi) is 3.83. The van der Waals surface area contributed by atoms with Gasteiger partial charge in [-0.15, -0.1) is 0 Å². The van der Waals surface area contributed by atoms with Crippen LogP contribution in [0.15, 0.2) is 102 Å². The highest BCUT2D eigenvalue weighted by Gasteiger charge is 2.29. The summed E-state index contributed by atoms with van der Waals surface area (Å²) in [6.45, 7) is 7.81. The van der Waals surface area contributed by atoms with Crippen molar-refractivity contribution < 1.29 is 4.74 Å². The fourth-order valence-corrected chi connectivity index (χ4v) is 3.35. The third-order valence-electron chi connectivity index (χ3n) is 4.23. The fraction of sp³-hybridized carbons (Fsp3) is 0. The lowest BCUT2D eigenvalue weighted by molar-refractivity contribution is 0.431. The minimum Gasteiger partial charge on any atom is -0.453 e. The van der Waals surface area contributed by atoms with E-state index in [1.165, 1.54) is 0 Å². The summed E-state index contributed by atoms with van der Waals surface area (Å²) >= 11 is 6.37. The van der Waals surface area contributed by atoms with Crippen LogP contribution in [0, 0.1) is 0 Å². The van der Waals surface area contributed by atoms with E-state index in [0.29, 0.717) is 16.5 Å². The van der Waals surface area contributed by atoms with Crippen LogP contribution in [0.25, 0.3) is 10.8 Å². The molecule has 4 rings (SSSR count). The predicted molar refractivity (Wildman–Crippen MR) is 105 cm³/mol. The first-order valence-electron chi connectivity index (χ1n) is 7.97. The smallest absolute Gasteiger partial charge is 0.152 e. The molecule has 122 valence electrons. The van der Waals surface area contributed by atoms with E-state index in [0.717, 1.165) is 27.9 Å². The lowest BCUT2D eigenvalue weighted by Gasteiger charge is -2.34. The van der Waals surface area contributed by atoms with Gasteiger partial charge in [-0.2, -0.15) is 0 Å². The molecule has 1 aliphatic rings. The van der Waals surface area contributed by atoms with Gasteiger partial charge >= 0.3 is 0 Å². The second-order valence-electron chi connectivity index (χ2n) is 5.73. The van der Waals surface area contributed by atoms with Gasteiger partial charge in [0, 0.05) is 5.39 Å². The number of ether oxygens (including phenoxy) is 1. The Hall–Kier alpha value is -2.97. The van der Waals surface area contributed by atoms with Gasteiger partial charge in [-0.05, 0) is 29.7 Å². The number of nitrogens with zero attached hydrogens (tertiary/aromatic N) is 1. The first kappa shape index (κ1) is 15.6. The highest BCUT2D eigenvalue weighted by Crippen LogP contribution is 2.46. The summed E-state index contributed by atoms with van der Waals surface area (Å²) in [5, 5.41) is 2.68. The third-order valence-corrected chi connectivity index (χ3v) is 4.41. The van der Waals surface area contributed by atoms with E-state index in [1.807, 2.05) is 42.5 Å². The Morgan fingerprint density at radius 2 is 1.60 bits per heavy atom. The molecule has 0 spiro atoms. The number of rotatable bonds is 3. The van der Waals surface area contributed by atoms with E-state index in [-0.39, 0.29) is 0 Å². The standard InChI is InChI=1S/C22H16ClNO/c1-3-20-22(15(2)23)24(19-12-6-7-14-21(19)25-20)18-13-8-10-16-9-4-5-11-17(16)18/h3-14H,1-2H2. The zero-order valence-electron chi connectivity index (χ0n) is 13.6. The Labute approximate surface area is 151 Å². The van der Waals surface area contributed by atoms with Crippen molar-refractivity contribution in [2.45, 2.75) is 0 Å². The van der Waals surface area contributed by atoms with Gasteiger partial charge in [0.05, 0.1) is 16.4 Å². The molecule has 1 heterocycles. The van der Waals surface area contributed by atoms with Crippen molar-refractivity contribution in [1.29, 1.82) is 0 Å². The van der Waals surface area contributed by atoms with E-state index >= 15 is 0 Å². The number of hydrogen-bond donors (Lipinski definition) is 0. The van der Waals surface area contributed by atoms with Crippen molar-refractivity contribution in [1.82, 2.24) is 0 Å². The number of hydrogen-bond acceptors (Lipinski definition) is 2. The van der Waals surface area contributed by atoms with E-state index in [4.69, 9.17) is 16.3 Å². The van der Waals surface area contributed by atoms with Crippen molar-refractivity contribution in [3.05, 3.63) is 102 Å². The van der Waals surface area contributed by atoms with Crippen molar-refractivity contribution >= 4 is 33.7 Å². The molecule has 3 heteroatoms. The maximum absolute atomic E-state index is 6.37. The number of para-hydroxylation sites is 2. The fourth-order valence-electron chi connectivity index (χ4n) is 3.17. The Bertz CT molecular complexity index is 1030. The molecule has 0 unspecified atom stereocenters. The molecule has 1 aliphatic heterocycles. The molecule has 3 aromatic carbocycles. The monoisotopic (exact) mass is 345 g/mol. The molecule has 0 fully saturated rings. The van der Waals surface area contributed by atoms with E-state index in [9.17, 15) is 0 Å². The van der Waals surface area contributed by atoms with E-state index in [2.05, 4.69) is 42.3 Å². The van der Waals surface area contributed by atoms with Crippen molar-refractivity contribution in [2.24, 2.45) is 0 Å². The molecule has 0 atom stereocenters. The van der Waals surface area contributed by atoms with Gasteiger partial charge in [0.2, 0.25) is 0 Å². The van der Waals surface area contributed by atoms with Crippen LogP contribution in [-0.2, 0) is 0 Å². The van der Waals surface area contributed by atoms with Crippen LogP contribution in [-0.4, -0.2) is 0 Å². The minimum absolute atomic E-state index is 0.400. The van der Waals surface area contributed by atoms with Crippen LogP contribution in [0.4, 0.5) is 11.4 Å². The largest absolute Gasteiger partial charge is 0.453 e. The lowest BCUT2D eigenvalue weighted by Crippen LogP contribution is -2.24. The summed E-state index contributed by atoms with van der Waals surface area (Å²) in [7, 11) is 0. The van der Waals surface area contributed by atoms with Crippen LogP contribution in [0.5, 0.6) is 5.75 Å². The molecule has 0 bridgehead atoms. The second-order valence-corrected chi connectivity index (χ2v) is 6.18. The molecule has 0 radical (unpaired) electrons. The number of halogens is 1. The van der Waals surface area contributed by atoms with Gasteiger partial charge in [-0.3, -0.25) is 0 Å². The molecular formula is C22H16ClNO. The molecule has 0 saturated carbocycles. The molecular weight excluding hydrogens is 330 g/mol. The molecule has 2 nitrogen and oxygen atoms in total. The van der Waals surface area contributed by atoms with Crippen molar-refractivity contribution in [2.75, 3.05) is 4.90 Å². The van der Waals surface area contributed by atoms with Crippen LogP contribution in [0.1, 0.15) is 0 Å². The molecule has 0 aromatic heterocycles. The highest BCUT2D eigenvalue weighted by atomic mass is 35.5. The topological polar surface area (TPSA) is 12.5 Å². The van der Waals surface area contributed by atoms with Gasteiger partial charge in [0.1, 0.15) is 5.70 Å². The highest BCUT2D eigenvalue weighted by molar-refractivity contribution is 6.32. The Morgan fingerprint density at radius 3 is 2.40 bits per heavy atom. The second kappa shape index (κ2) is 6.15. The van der Waals surface area contributed by atoms with Crippen molar-refractivity contribution in [3.8, 4) is 5.75 Å².